The molecule has 1 saturated heterocycles. The Hall–Kier alpha value is -2.53. The van der Waals surface area contributed by atoms with Gasteiger partial charge >= 0.3 is 0 Å². The molecule has 0 atom stereocenters. The monoisotopic (exact) mass is 393 g/mol. The van der Waals surface area contributed by atoms with Gasteiger partial charge in [-0.25, -0.2) is 0 Å². The molecule has 1 aliphatic rings. The molecule has 2 aromatic heterocycles. The first kappa shape index (κ1) is 16.3. The van der Waals surface area contributed by atoms with E-state index in [2.05, 4.69) is 28.8 Å². The van der Waals surface area contributed by atoms with Gasteiger partial charge in [-0.15, -0.1) is 0 Å². The smallest absolute Gasteiger partial charge is 0.142 e. The molecule has 0 radical (unpaired) electrons. The molecular formula is C24H30N4O. The van der Waals surface area contributed by atoms with Crippen molar-refractivity contribution >= 4 is 16.6 Å². The third-order valence-corrected chi connectivity index (χ3v) is 5.72. The third-order valence-electron chi connectivity index (χ3n) is 5.72. The summed E-state index contributed by atoms with van der Waals surface area (Å²) in [4.78, 5) is 19.9. The maximum atomic E-state index is 12.9. The summed E-state index contributed by atoms with van der Waals surface area (Å²) in [7, 11) is 0. The van der Waals surface area contributed by atoms with Crippen LogP contribution in [0, 0.1) is 11.8 Å². The Morgan fingerprint density at radius 3 is 2.72 bits per heavy atom. The van der Waals surface area contributed by atoms with Crippen LogP contribution in [0.4, 0.5) is 0 Å². The molecule has 0 amide bonds. The van der Waals surface area contributed by atoms with Crippen molar-refractivity contribution in [3.8, 4) is 11.1 Å². The van der Waals surface area contributed by atoms with Crippen LogP contribution in [-0.4, -0.2) is 45.1 Å². The van der Waals surface area contributed by atoms with Crippen molar-refractivity contribution in [1.82, 2.24) is 19.7 Å². The number of rotatable bonds is 6. The van der Waals surface area contributed by atoms with Crippen LogP contribution in [0.2, 0.25) is 0 Å². The Kier molecular flexibility index (Phi) is 4.75. The zero-order valence-electron chi connectivity index (χ0n) is 20.1. The molecule has 0 spiro atoms. The summed E-state index contributed by atoms with van der Waals surface area (Å²) in [5, 5.41) is 5.93. The van der Waals surface area contributed by atoms with Crippen molar-refractivity contribution in [3.63, 3.8) is 0 Å². The summed E-state index contributed by atoms with van der Waals surface area (Å²) in [6, 6.07) is 7.86. The van der Waals surface area contributed by atoms with Crippen LogP contribution in [-0.2, 0) is 18.2 Å². The number of hydrogen-bond donors (Lipinski definition) is 0. The Morgan fingerprint density at radius 2 is 2.00 bits per heavy atom. The highest BCUT2D eigenvalue weighted by Gasteiger charge is 2.25. The van der Waals surface area contributed by atoms with E-state index in [4.69, 9.17) is 4.11 Å². The lowest BCUT2D eigenvalue weighted by atomic mass is 9.89. The molecule has 0 saturated carbocycles. The molecule has 3 heterocycles. The van der Waals surface area contributed by atoms with Crippen LogP contribution in [0.1, 0.15) is 36.5 Å². The van der Waals surface area contributed by atoms with E-state index in [-0.39, 0.29) is 11.7 Å². The van der Waals surface area contributed by atoms with Crippen molar-refractivity contribution in [2.75, 3.05) is 19.6 Å². The zero-order chi connectivity index (χ0) is 22.9. The third kappa shape index (κ3) is 4.73. The summed E-state index contributed by atoms with van der Waals surface area (Å²) in [5.74, 6) is 1.04. The van der Waals surface area contributed by atoms with Crippen LogP contribution in [0.3, 0.4) is 0 Å². The maximum Gasteiger partial charge on any atom is 0.142 e. The number of fused-ring (bicyclic) bond motifs is 1. The second-order valence-corrected chi connectivity index (χ2v) is 8.52. The standard InChI is InChI=1S/C24H30N4O/c1-17(2)15-28-8-6-18(7-9-28)24(29)12-23-11-21-10-19(4-5-20(21)13-25-23)22-14-26-27(3)16-22/h4-5,10-11,13-14,16-18H,6-9,12,15H2,1-3H3/i3D3. The number of likely N-dealkylation sites (tertiary alicyclic amines) is 1. The van der Waals surface area contributed by atoms with Crippen molar-refractivity contribution in [3.05, 3.63) is 48.5 Å². The van der Waals surface area contributed by atoms with Crippen molar-refractivity contribution in [2.24, 2.45) is 18.8 Å². The average molecular weight is 394 g/mol. The number of pyridine rings is 1. The molecular weight excluding hydrogens is 360 g/mol. The molecule has 152 valence electrons. The number of benzene rings is 1. The Labute approximate surface area is 177 Å². The molecule has 5 heteroatoms. The van der Waals surface area contributed by atoms with E-state index in [9.17, 15) is 4.79 Å². The molecule has 1 aliphatic heterocycles. The Balaban J connectivity index is 1.46. The summed E-state index contributed by atoms with van der Waals surface area (Å²) in [5.41, 5.74) is 2.40. The summed E-state index contributed by atoms with van der Waals surface area (Å²) < 4.78 is 23.5. The van der Waals surface area contributed by atoms with Gasteiger partial charge < -0.3 is 4.90 Å². The first-order valence-electron chi connectivity index (χ1n) is 11.9. The molecule has 4 rings (SSSR count). The molecule has 0 unspecified atom stereocenters. The lowest BCUT2D eigenvalue weighted by molar-refractivity contribution is -0.123. The molecule has 29 heavy (non-hydrogen) atoms. The van der Waals surface area contributed by atoms with Crippen LogP contribution < -0.4 is 0 Å². The second-order valence-electron chi connectivity index (χ2n) is 8.52. The number of carbonyl (C=O) groups is 1. The second kappa shape index (κ2) is 8.46. The predicted molar refractivity (Wildman–Crippen MR) is 117 cm³/mol. The maximum absolute atomic E-state index is 12.9. The van der Waals surface area contributed by atoms with Gasteiger partial charge in [-0.3, -0.25) is 14.5 Å². The quantitative estimate of drug-likeness (QED) is 0.632. The molecule has 3 aromatic rings. The molecule has 1 aromatic carbocycles. The Bertz CT molecular complexity index is 1100. The van der Waals surface area contributed by atoms with Crippen LogP contribution in [0.25, 0.3) is 21.9 Å². The minimum Gasteiger partial charge on any atom is -0.303 e. The number of nitrogens with zero attached hydrogens (tertiary/aromatic N) is 4. The number of aryl methyl sites for hydroxylation is 1. The van der Waals surface area contributed by atoms with Gasteiger partial charge in [-0.2, -0.15) is 5.10 Å². The predicted octanol–water partition coefficient (Wildman–Crippen LogP) is 4.11. The van der Waals surface area contributed by atoms with Crippen molar-refractivity contribution in [2.45, 2.75) is 33.1 Å². The van der Waals surface area contributed by atoms with E-state index < -0.39 is 6.98 Å². The largest absolute Gasteiger partial charge is 0.303 e. The van der Waals surface area contributed by atoms with Crippen LogP contribution in [0.15, 0.2) is 42.9 Å². The van der Waals surface area contributed by atoms with Crippen LogP contribution in [0.5, 0.6) is 0 Å². The van der Waals surface area contributed by atoms with Gasteiger partial charge in [0, 0.05) is 59.0 Å². The number of carbonyl (C=O) groups excluding carboxylic acids is 1. The van der Waals surface area contributed by atoms with E-state index in [1.165, 1.54) is 6.20 Å². The lowest BCUT2D eigenvalue weighted by Crippen LogP contribution is -2.38. The molecule has 0 aliphatic carbocycles. The summed E-state index contributed by atoms with van der Waals surface area (Å²) >= 11 is 0. The van der Waals surface area contributed by atoms with Gasteiger partial charge in [0.2, 0.25) is 0 Å². The fourth-order valence-electron chi connectivity index (χ4n) is 4.21. The SMILES string of the molecule is [2H]C([2H])([2H])n1cc(-c2ccc3cnc(CC(=O)C4CCN(CC(C)C)CC4)cc3c2)cn1. The minimum absolute atomic E-state index is 0.118. The van der Waals surface area contributed by atoms with E-state index in [0.717, 1.165) is 64.8 Å². The zero-order valence-corrected chi connectivity index (χ0v) is 17.1. The topological polar surface area (TPSA) is 51.0 Å². The average Bonchev–Trinajstić information content (AvgIpc) is 3.24. The van der Waals surface area contributed by atoms with E-state index in [1.54, 1.807) is 12.4 Å². The molecule has 0 N–H and O–H groups in total. The lowest BCUT2D eigenvalue weighted by Gasteiger charge is -2.32. The highest BCUT2D eigenvalue weighted by molar-refractivity contribution is 5.88. The van der Waals surface area contributed by atoms with Gasteiger partial charge in [0.25, 0.3) is 0 Å². The normalized spacial score (nSPS) is 18.0. The van der Waals surface area contributed by atoms with E-state index in [0.29, 0.717) is 12.3 Å². The minimum atomic E-state index is -2.29. The van der Waals surface area contributed by atoms with Gasteiger partial charge in [-0.05, 0) is 54.9 Å². The van der Waals surface area contributed by atoms with E-state index >= 15 is 0 Å². The van der Waals surface area contributed by atoms with Crippen LogP contribution >= 0.6 is 0 Å². The first-order chi connectivity index (χ1) is 15.2. The fourth-order valence-corrected chi connectivity index (χ4v) is 4.21. The number of Topliss-reactive ketones (excluding diaryl/α,β-unsaturated/α-hetero) is 1. The van der Waals surface area contributed by atoms with Gasteiger partial charge in [-0.1, -0.05) is 26.0 Å². The van der Waals surface area contributed by atoms with Crippen molar-refractivity contribution in [1.29, 1.82) is 0 Å². The van der Waals surface area contributed by atoms with E-state index in [1.807, 2.05) is 24.3 Å². The highest BCUT2D eigenvalue weighted by Crippen LogP contribution is 2.25. The number of piperidine rings is 1. The van der Waals surface area contributed by atoms with Gasteiger partial charge in [0.05, 0.1) is 6.20 Å². The first-order valence-corrected chi connectivity index (χ1v) is 10.4. The fraction of sp³-hybridized carbons (Fsp3) is 0.458. The molecule has 5 nitrogen and oxygen atoms in total. The number of hydrogen-bond acceptors (Lipinski definition) is 4. The highest BCUT2D eigenvalue weighted by atomic mass is 16.1. The summed E-state index contributed by atoms with van der Waals surface area (Å²) in [6.45, 7) is 5.25. The molecule has 1 fully saturated rings. The molecule has 0 bridgehead atoms. The van der Waals surface area contributed by atoms with Gasteiger partial charge in [0.15, 0.2) is 0 Å². The number of ketones is 1. The summed E-state index contributed by atoms with van der Waals surface area (Å²) in [6.07, 6.45) is 7.11. The van der Waals surface area contributed by atoms with Gasteiger partial charge in [0.1, 0.15) is 5.78 Å². The Morgan fingerprint density at radius 1 is 1.17 bits per heavy atom. The number of aromatic nitrogens is 3. The van der Waals surface area contributed by atoms with Crippen molar-refractivity contribution < 1.29 is 8.91 Å².